The molecule has 2 rings (SSSR count). The number of pyridine rings is 1. The average molecular weight is 374 g/mol. The van der Waals surface area contributed by atoms with Gasteiger partial charge >= 0.3 is 0 Å². The number of para-hydroxylation sites is 1. The van der Waals surface area contributed by atoms with Crippen LogP contribution in [-0.4, -0.2) is 30.6 Å². The number of hydrogen-bond donors (Lipinski definition) is 2. The SMILES string of the molecule is COC(CN)CC(=O)Nc1cnccc1Oc1ccccc1.Cl.Cl. The first-order valence-electron chi connectivity index (χ1n) is 6.92. The molecule has 1 aromatic heterocycles. The molecule has 6 nitrogen and oxygen atoms in total. The highest BCUT2D eigenvalue weighted by Gasteiger charge is 2.14. The minimum atomic E-state index is -0.310. The monoisotopic (exact) mass is 373 g/mol. The molecule has 0 saturated carbocycles. The maximum Gasteiger partial charge on any atom is 0.227 e. The predicted molar refractivity (Wildman–Crippen MR) is 98.3 cm³/mol. The molecule has 0 aliphatic carbocycles. The second kappa shape index (κ2) is 11.6. The van der Waals surface area contributed by atoms with Gasteiger partial charge in [0.15, 0.2) is 5.75 Å². The van der Waals surface area contributed by atoms with Crippen LogP contribution in [0.2, 0.25) is 0 Å². The van der Waals surface area contributed by atoms with Crippen LogP contribution in [0.25, 0.3) is 0 Å². The summed E-state index contributed by atoms with van der Waals surface area (Å²) >= 11 is 0. The Morgan fingerprint density at radius 2 is 1.96 bits per heavy atom. The second-order valence-corrected chi connectivity index (χ2v) is 4.63. The molecule has 24 heavy (non-hydrogen) atoms. The Hall–Kier alpha value is -1.86. The van der Waals surface area contributed by atoms with Crippen molar-refractivity contribution in [3.63, 3.8) is 0 Å². The Kier molecular flexibility index (Phi) is 10.7. The highest BCUT2D eigenvalue weighted by atomic mass is 35.5. The number of benzene rings is 1. The minimum Gasteiger partial charge on any atom is -0.455 e. The molecule has 1 heterocycles. The van der Waals surface area contributed by atoms with E-state index in [9.17, 15) is 4.79 Å². The second-order valence-electron chi connectivity index (χ2n) is 4.63. The molecular formula is C16H21Cl2N3O3. The summed E-state index contributed by atoms with van der Waals surface area (Å²) in [5.41, 5.74) is 6.02. The summed E-state index contributed by atoms with van der Waals surface area (Å²) in [4.78, 5) is 16.0. The summed E-state index contributed by atoms with van der Waals surface area (Å²) < 4.78 is 10.9. The molecule has 0 bridgehead atoms. The number of anilines is 1. The lowest BCUT2D eigenvalue weighted by atomic mass is 10.2. The fourth-order valence-electron chi connectivity index (χ4n) is 1.85. The van der Waals surface area contributed by atoms with Gasteiger partial charge in [0.1, 0.15) is 11.4 Å². The Bertz CT molecular complexity index is 611. The molecule has 2 aromatic rings. The largest absolute Gasteiger partial charge is 0.455 e. The number of carbonyl (C=O) groups excluding carboxylic acids is 1. The zero-order valence-electron chi connectivity index (χ0n) is 13.2. The van der Waals surface area contributed by atoms with E-state index in [2.05, 4.69) is 10.3 Å². The van der Waals surface area contributed by atoms with Crippen molar-refractivity contribution in [2.45, 2.75) is 12.5 Å². The van der Waals surface area contributed by atoms with Gasteiger partial charge in [-0.25, -0.2) is 0 Å². The lowest BCUT2D eigenvalue weighted by Crippen LogP contribution is -2.28. The molecule has 8 heteroatoms. The van der Waals surface area contributed by atoms with Crippen LogP contribution >= 0.6 is 24.8 Å². The highest BCUT2D eigenvalue weighted by molar-refractivity contribution is 5.92. The van der Waals surface area contributed by atoms with Gasteiger partial charge < -0.3 is 20.5 Å². The van der Waals surface area contributed by atoms with E-state index in [1.165, 1.54) is 7.11 Å². The van der Waals surface area contributed by atoms with Crippen molar-refractivity contribution >= 4 is 36.4 Å². The number of aromatic nitrogens is 1. The van der Waals surface area contributed by atoms with E-state index in [-0.39, 0.29) is 49.8 Å². The van der Waals surface area contributed by atoms with Crippen LogP contribution in [0.3, 0.4) is 0 Å². The Labute approximate surface area is 153 Å². The molecule has 0 fully saturated rings. The number of ether oxygens (including phenoxy) is 2. The van der Waals surface area contributed by atoms with Crippen molar-refractivity contribution < 1.29 is 14.3 Å². The fourth-order valence-corrected chi connectivity index (χ4v) is 1.85. The molecule has 0 spiro atoms. The molecule has 0 saturated heterocycles. The van der Waals surface area contributed by atoms with Crippen molar-refractivity contribution in [3.8, 4) is 11.5 Å². The average Bonchev–Trinajstić information content (AvgIpc) is 2.55. The van der Waals surface area contributed by atoms with E-state index in [0.717, 1.165) is 0 Å². The molecule has 0 radical (unpaired) electrons. The summed E-state index contributed by atoms with van der Waals surface area (Å²) in [6.45, 7) is 0.282. The van der Waals surface area contributed by atoms with E-state index in [0.29, 0.717) is 17.2 Å². The minimum absolute atomic E-state index is 0. The van der Waals surface area contributed by atoms with Crippen LogP contribution in [0.15, 0.2) is 48.8 Å². The number of nitrogens with two attached hydrogens (primary N) is 1. The van der Waals surface area contributed by atoms with Crippen LogP contribution in [-0.2, 0) is 9.53 Å². The van der Waals surface area contributed by atoms with Gasteiger partial charge in [-0.15, -0.1) is 24.8 Å². The maximum absolute atomic E-state index is 12.0. The molecule has 1 amide bonds. The lowest BCUT2D eigenvalue weighted by molar-refractivity contribution is -0.118. The third kappa shape index (κ3) is 6.72. The maximum atomic E-state index is 12.0. The Morgan fingerprint density at radius 3 is 2.58 bits per heavy atom. The summed E-state index contributed by atoms with van der Waals surface area (Å²) in [6.07, 6.45) is 3.01. The lowest BCUT2D eigenvalue weighted by Gasteiger charge is -2.14. The zero-order valence-corrected chi connectivity index (χ0v) is 14.8. The molecular weight excluding hydrogens is 353 g/mol. The van der Waals surface area contributed by atoms with Crippen LogP contribution in [0, 0.1) is 0 Å². The topological polar surface area (TPSA) is 86.5 Å². The Balaban J connectivity index is 0.00000264. The third-order valence-corrected chi connectivity index (χ3v) is 3.04. The Morgan fingerprint density at radius 1 is 1.25 bits per heavy atom. The number of methoxy groups -OCH3 is 1. The number of nitrogens with one attached hydrogen (secondary N) is 1. The molecule has 3 N–H and O–H groups in total. The molecule has 1 unspecified atom stereocenters. The molecule has 0 aliphatic heterocycles. The van der Waals surface area contributed by atoms with E-state index in [1.807, 2.05) is 30.3 Å². The summed E-state index contributed by atoms with van der Waals surface area (Å²) in [7, 11) is 1.53. The summed E-state index contributed by atoms with van der Waals surface area (Å²) in [5.74, 6) is 1.00. The molecule has 0 aliphatic rings. The van der Waals surface area contributed by atoms with Crippen LogP contribution in [0.4, 0.5) is 5.69 Å². The normalized spacial score (nSPS) is 10.8. The van der Waals surface area contributed by atoms with E-state index in [1.54, 1.807) is 18.5 Å². The first-order valence-corrected chi connectivity index (χ1v) is 6.92. The number of carbonyl (C=O) groups is 1. The van der Waals surface area contributed by atoms with Gasteiger partial charge in [-0.05, 0) is 12.1 Å². The van der Waals surface area contributed by atoms with Crippen LogP contribution in [0.5, 0.6) is 11.5 Å². The highest BCUT2D eigenvalue weighted by Crippen LogP contribution is 2.28. The van der Waals surface area contributed by atoms with Gasteiger partial charge in [0.05, 0.1) is 18.7 Å². The smallest absolute Gasteiger partial charge is 0.227 e. The predicted octanol–water partition coefficient (Wildman–Crippen LogP) is 3.02. The van der Waals surface area contributed by atoms with Gasteiger partial charge in [-0.2, -0.15) is 0 Å². The van der Waals surface area contributed by atoms with Crippen LogP contribution < -0.4 is 15.8 Å². The van der Waals surface area contributed by atoms with E-state index >= 15 is 0 Å². The quantitative estimate of drug-likeness (QED) is 0.778. The van der Waals surface area contributed by atoms with Gasteiger partial charge in [0.2, 0.25) is 5.91 Å². The number of rotatable bonds is 7. The van der Waals surface area contributed by atoms with Gasteiger partial charge in [0, 0.05) is 25.9 Å². The zero-order chi connectivity index (χ0) is 15.8. The van der Waals surface area contributed by atoms with Crippen molar-refractivity contribution in [1.82, 2.24) is 4.98 Å². The van der Waals surface area contributed by atoms with Crippen molar-refractivity contribution in [1.29, 1.82) is 0 Å². The number of amides is 1. The summed E-state index contributed by atoms with van der Waals surface area (Å²) in [6, 6.07) is 11.0. The number of halogens is 2. The van der Waals surface area contributed by atoms with Gasteiger partial charge in [-0.1, -0.05) is 18.2 Å². The number of nitrogens with zero attached hydrogens (tertiary/aromatic N) is 1. The van der Waals surface area contributed by atoms with E-state index < -0.39 is 0 Å². The van der Waals surface area contributed by atoms with Gasteiger partial charge in [0.25, 0.3) is 0 Å². The summed E-state index contributed by atoms with van der Waals surface area (Å²) in [5, 5.41) is 2.77. The van der Waals surface area contributed by atoms with Crippen LogP contribution in [0.1, 0.15) is 6.42 Å². The van der Waals surface area contributed by atoms with Crippen molar-refractivity contribution in [2.75, 3.05) is 19.0 Å². The van der Waals surface area contributed by atoms with Crippen molar-refractivity contribution in [2.24, 2.45) is 5.73 Å². The first kappa shape index (κ1) is 22.1. The third-order valence-electron chi connectivity index (χ3n) is 3.04. The standard InChI is InChI=1S/C16H19N3O3.2ClH/c1-21-13(10-17)9-16(20)19-14-11-18-8-7-15(14)22-12-5-3-2-4-6-12;;/h2-8,11,13H,9-10,17H2,1H3,(H,19,20);2*1H. The first-order chi connectivity index (χ1) is 10.7. The fraction of sp³-hybridized carbons (Fsp3) is 0.250. The number of hydrogen-bond acceptors (Lipinski definition) is 5. The molecule has 132 valence electrons. The van der Waals surface area contributed by atoms with E-state index in [4.69, 9.17) is 15.2 Å². The molecule has 1 aromatic carbocycles. The molecule has 1 atom stereocenters. The van der Waals surface area contributed by atoms with Gasteiger partial charge in [-0.3, -0.25) is 9.78 Å². The van der Waals surface area contributed by atoms with Crippen molar-refractivity contribution in [3.05, 3.63) is 48.8 Å².